The van der Waals surface area contributed by atoms with Crippen molar-refractivity contribution in [1.29, 1.82) is 0 Å². The molecule has 0 unspecified atom stereocenters. The van der Waals surface area contributed by atoms with Crippen molar-refractivity contribution >= 4 is 21.6 Å². The van der Waals surface area contributed by atoms with Gasteiger partial charge in [-0.15, -0.1) is 0 Å². The van der Waals surface area contributed by atoms with E-state index in [1.165, 1.54) is 23.4 Å². The minimum atomic E-state index is 0.714. The fraction of sp³-hybridized carbons (Fsp3) is 0.500. The third kappa shape index (κ3) is 3.78. The Bertz CT molecular complexity index is 680. The fourth-order valence-corrected chi connectivity index (χ4v) is 3.77. The molecule has 1 saturated heterocycles. The maximum Gasteiger partial charge on any atom is 0.0641 e. The zero-order valence-corrected chi connectivity index (χ0v) is 15.7. The Hall–Kier alpha value is -1.33. The average Bonchev–Trinajstić information content (AvgIpc) is 3.08. The third-order valence-electron chi connectivity index (χ3n) is 4.85. The summed E-state index contributed by atoms with van der Waals surface area (Å²) in [7, 11) is 2.01. The van der Waals surface area contributed by atoms with Crippen molar-refractivity contribution in [2.75, 3.05) is 24.5 Å². The Balaban J connectivity index is 1.51. The molecule has 1 aliphatic rings. The summed E-state index contributed by atoms with van der Waals surface area (Å²) in [5, 5.41) is 8.12. The van der Waals surface area contributed by atoms with Crippen LogP contribution in [0.3, 0.4) is 0 Å². The second-order valence-corrected chi connectivity index (χ2v) is 7.40. The highest BCUT2D eigenvalue weighted by Gasteiger charge is 2.22. The summed E-state index contributed by atoms with van der Waals surface area (Å²) < 4.78 is 3.12. The second-order valence-electron chi connectivity index (χ2n) is 6.48. The number of aryl methyl sites for hydroxylation is 2. The van der Waals surface area contributed by atoms with Crippen LogP contribution in [0.4, 0.5) is 5.69 Å². The molecule has 2 aromatic rings. The Morgan fingerprint density at radius 3 is 2.87 bits per heavy atom. The smallest absolute Gasteiger partial charge is 0.0641 e. The molecule has 1 aliphatic heterocycles. The normalized spacial score (nSPS) is 17.9. The van der Waals surface area contributed by atoms with E-state index in [2.05, 4.69) is 69.4 Å². The number of benzene rings is 1. The molecule has 0 spiro atoms. The van der Waals surface area contributed by atoms with Gasteiger partial charge in [0.15, 0.2) is 0 Å². The molecule has 1 aromatic carbocycles. The highest BCUT2D eigenvalue weighted by Crippen LogP contribution is 2.26. The zero-order valence-electron chi connectivity index (χ0n) is 14.1. The number of hydrogen-bond acceptors (Lipinski definition) is 3. The van der Waals surface area contributed by atoms with Crippen molar-refractivity contribution in [2.45, 2.75) is 26.8 Å². The largest absolute Gasteiger partial charge is 0.371 e. The van der Waals surface area contributed by atoms with Gasteiger partial charge in [0.05, 0.1) is 5.69 Å². The molecule has 1 atom stereocenters. The molecule has 0 radical (unpaired) electrons. The van der Waals surface area contributed by atoms with Gasteiger partial charge in [-0.3, -0.25) is 4.68 Å². The van der Waals surface area contributed by atoms with Crippen molar-refractivity contribution in [3.05, 3.63) is 45.7 Å². The van der Waals surface area contributed by atoms with Gasteiger partial charge in [-0.1, -0.05) is 22.0 Å². The van der Waals surface area contributed by atoms with E-state index in [1.54, 1.807) is 0 Å². The lowest BCUT2D eigenvalue weighted by molar-refractivity contribution is 0.515. The lowest BCUT2D eigenvalue weighted by Gasteiger charge is -2.19. The highest BCUT2D eigenvalue weighted by molar-refractivity contribution is 9.10. The van der Waals surface area contributed by atoms with Gasteiger partial charge in [-0.2, -0.15) is 5.10 Å². The summed E-state index contributed by atoms with van der Waals surface area (Å²) in [6.07, 6.45) is 1.25. The summed E-state index contributed by atoms with van der Waals surface area (Å²) in [6, 6.07) is 8.59. The van der Waals surface area contributed by atoms with Crippen LogP contribution < -0.4 is 10.2 Å². The Labute approximate surface area is 147 Å². The molecule has 3 rings (SSSR count). The minimum Gasteiger partial charge on any atom is -0.371 e. The molecule has 0 bridgehead atoms. The molecular weight excluding hydrogens is 352 g/mol. The van der Waals surface area contributed by atoms with E-state index >= 15 is 0 Å². The summed E-state index contributed by atoms with van der Waals surface area (Å²) in [5.41, 5.74) is 5.06. The standard InChI is InChI=1S/C18H25BrN4/c1-13-18(14(2)22(3)21-13)11-20-10-15-7-8-23(12-15)17-6-4-5-16(19)9-17/h4-6,9,15,20H,7-8,10-12H2,1-3H3/t15-/m1/s1. The van der Waals surface area contributed by atoms with Crippen LogP contribution in [0.15, 0.2) is 28.7 Å². The number of hydrogen-bond donors (Lipinski definition) is 1. The van der Waals surface area contributed by atoms with Crippen LogP contribution in [0.1, 0.15) is 23.4 Å². The molecular formula is C18H25BrN4. The number of anilines is 1. The maximum absolute atomic E-state index is 4.48. The SMILES string of the molecule is Cc1nn(C)c(C)c1CNC[C@H]1CCN(c2cccc(Br)c2)C1. The number of nitrogens with zero attached hydrogens (tertiary/aromatic N) is 3. The van der Waals surface area contributed by atoms with Crippen molar-refractivity contribution in [1.82, 2.24) is 15.1 Å². The monoisotopic (exact) mass is 376 g/mol. The fourth-order valence-electron chi connectivity index (χ4n) is 3.38. The summed E-state index contributed by atoms with van der Waals surface area (Å²) in [6.45, 7) is 8.50. The predicted molar refractivity (Wildman–Crippen MR) is 98.9 cm³/mol. The van der Waals surface area contributed by atoms with Gasteiger partial charge < -0.3 is 10.2 Å². The van der Waals surface area contributed by atoms with E-state index in [0.717, 1.165) is 36.3 Å². The molecule has 1 fully saturated rings. The molecule has 124 valence electrons. The number of aromatic nitrogens is 2. The first kappa shape index (κ1) is 16.5. The lowest BCUT2D eigenvalue weighted by Crippen LogP contribution is -2.26. The van der Waals surface area contributed by atoms with Crippen LogP contribution in [0, 0.1) is 19.8 Å². The maximum atomic E-state index is 4.48. The summed E-state index contributed by atoms with van der Waals surface area (Å²) in [5.74, 6) is 0.714. The average molecular weight is 377 g/mol. The first-order chi connectivity index (χ1) is 11.0. The minimum absolute atomic E-state index is 0.714. The molecule has 0 aliphatic carbocycles. The number of halogens is 1. The Morgan fingerprint density at radius 1 is 1.35 bits per heavy atom. The molecule has 5 heteroatoms. The molecule has 1 N–H and O–H groups in total. The summed E-state index contributed by atoms with van der Waals surface area (Å²) >= 11 is 3.56. The van der Waals surface area contributed by atoms with E-state index in [4.69, 9.17) is 0 Å². The first-order valence-corrected chi connectivity index (χ1v) is 9.04. The van der Waals surface area contributed by atoms with E-state index in [1.807, 2.05) is 11.7 Å². The molecule has 23 heavy (non-hydrogen) atoms. The van der Waals surface area contributed by atoms with Crippen molar-refractivity contribution in [2.24, 2.45) is 13.0 Å². The van der Waals surface area contributed by atoms with Gasteiger partial charge in [0.2, 0.25) is 0 Å². The van der Waals surface area contributed by atoms with Gasteiger partial charge >= 0.3 is 0 Å². The van der Waals surface area contributed by atoms with Crippen LogP contribution in [-0.4, -0.2) is 29.4 Å². The zero-order chi connectivity index (χ0) is 16.4. The predicted octanol–water partition coefficient (Wildman–Crippen LogP) is 3.42. The van der Waals surface area contributed by atoms with E-state index in [-0.39, 0.29) is 0 Å². The Morgan fingerprint density at radius 2 is 2.17 bits per heavy atom. The van der Waals surface area contributed by atoms with E-state index in [0.29, 0.717) is 5.92 Å². The molecule has 0 amide bonds. The molecule has 4 nitrogen and oxygen atoms in total. The van der Waals surface area contributed by atoms with E-state index in [9.17, 15) is 0 Å². The van der Waals surface area contributed by atoms with Gasteiger partial charge in [-0.25, -0.2) is 0 Å². The first-order valence-electron chi connectivity index (χ1n) is 8.25. The number of rotatable bonds is 5. The molecule has 0 saturated carbocycles. The van der Waals surface area contributed by atoms with Gasteiger partial charge in [0, 0.05) is 54.6 Å². The van der Waals surface area contributed by atoms with Crippen LogP contribution >= 0.6 is 15.9 Å². The Kier molecular flexibility index (Phi) is 5.07. The second kappa shape index (κ2) is 7.05. The molecule has 1 aromatic heterocycles. The van der Waals surface area contributed by atoms with Gasteiger partial charge in [0.1, 0.15) is 0 Å². The van der Waals surface area contributed by atoms with Crippen molar-refractivity contribution in [3.8, 4) is 0 Å². The quantitative estimate of drug-likeness (QED) is 0.867. The molecule has 2 heterocycles. The van der Waals surface area contributed by atoms with Crippen LogP contribution in [-0.2, 0) is 13.6 Å². The van der Waals surface area contributed by atoms with Crippen LogP contribution in [0.5, 0.6) is 0 Å². The third-order valence-corrected chi connectivity index (χ3v) is 5.35. The van der Waals surface area contributed by atoms with Crippen molar-refractivity contribution in [3.63, 3.8) is 0 Å². The van der Waals surface area contributed by atoms with E-state index < -0.39 is 0 Å². The number of nitrogens with one attached hydrogen (secondary N) is 1. The lowest BCUT2D eigenvalue weighted by atomic mass is 10.1. The highest BCUT2D eigenvalue weighted by atomic mass is 79.9. The van der Waals surface area contributed by atoms with Crippen LogP contribution in [0.2, 0.25) is 0 Å². The van der Waals surface area contributed by atoms with Crippen molar-refractivity contribution < 1.29 is 0 Å². The summed E-state index contributed by atoms with van der Waals surface area (Å²) in [4.78, 5) is 2.48. The van der Waals surface area contributed by atoms with Crippen LogP contribution in [0.25, 0.3) is 0 Å². The van der Waals surface area contributed by atoms with Gasteiger partial charge in [0.25, 0.3) is 0 Å². The topological polar surface area (TPSA) is 33.1 Å². The van der Waals surface area contributed by atoms with Gasteiger partial charge in [-0.05, 0) is 44.4 Å².